The molecule has 0 aliphatic carbocycles. The first-order chi connectivity index (χ1) is 4.84. The lowest BCUT2D eigenvalue weighted by Gasteiger charge is -2.03. The summed E-state index contributed by atoms with van der Waals surface area (Å²) in [5.41, 5.74) is 0. The van der Waals surface area contributed by atoms with E-state index in [-0.39, 0.29) is 0 Å². The molecule has 1 aliphatic heterocycles. The molecule has 0 bridgehead atoms. The Balaban J connectivity index is 2.41. The quantitative estimate of drug-likeness (QED) is 0.606. The van der Waals surface area contributed by atoms with E-state index in [9.17, 15) is 0 Å². The molecular formula is C7H10N2S. The number of aliphatic imine (C=N–C) groups is 1. The van der Waals surface area contributed by atoms with E-state index in [4.69, 9.17) is 5.26 Å². The van der Waals surface area contributed by atoms with Gasteiger partial charge in [-0.05, 0) is 0 Å². The zero-order valence-electron chi connectivity index (χ0n) is 6.00. The van der Waals surface area contributed by atoms with E-state index >= 15 is 0 Å². The van der Waals surface area contributed by atoms with E-state index in [2.05, 4.69) is 18.0 Å². The Hall–Kier alpha value is -0.490. The van der Waals surface area contributed by atoms with Crippen molar-refractivity contribution in [2.24, 2.45) is 10.9 Å². The Labute approximate surface area is 65.3 Å². The molecule has 0 saturated heterocycles. The Kier molecular flexibility index (Phi) is 2.76. The van der Waals surface area contributed by atoms with Gasteiger partial charge in [-0.15, -0.1) is 11.8 Å². The highest BCUT2D eigenvalue weighted by atomic mass is 32.2. The van der Waals surface area contributed by atoms with Gasteiger partial charge in [0.2, 0.25) is 0 Å². The first kappa shape index (κ1) is 7.62. The first-order valence-corrected chi connectivity index (χ1v) is 4.37. The lowest BCUT2D eigenvalue weighted by Crippen LogP contribution is -2.03. The highest BCUT2D eigenvalue weighted by Gasteiger charge is 2.13. The van der Waals surface area contributed by atoms with Crippen LogP contribution >= 0.6 is 11.8 Å². The third kappa shape index (κ3) is 1.74. The zero-order valence-corrected chi connectivity index (χ0v) is 6.82. The van der Waals surface area contributed by atoms with Gasteiger partial charge in [0.05, 0.1) is 11.1 Å². The second-order valence-electron chi connectivity index (χ2n) is 2.33. The maximum absolute atomic E-state index is 8.38. The van der Waals surface area contributed by atoms with E-state index in [0.29, 0.717) is 12.3 Å². The summed E-state index contributed by atoms with van der Waals surface area (Å²) in [6, 6.07) is 2.15. The largest absolute Gasteiger partial charge is 0.282 e. The first-order valence-electron chi connectivity index (χ1n) is 3.38. The molecule has 1 heterocycles. The van der Waals surface area contributed by atoms with E-state index in [1.54, 1.807) is 11.8 Å². The molecule has 0 aromatic heterocycles. The van der Waals surface area contributed by atoms with Gasteiger partial charge in [-0.1, -0.05) is 6.92 Å². The molecule has 0 saturated carbocycles. The van der Waals surface area contributed by atoms with Crippen LogP contribution in [0.4, 0.5) is 0 Å². The molecule has 0 aromatic carbocycles. The lowest BCUT2D eigenvalue weighted by atomic mass is 10.1. The molecular weight excluding hydrogens is 144 g/mol. The van der Waals surface area contributed by atoms with Crippen LogP contribution < -0.4 is 0 Å². The summed E-state index contributed by atoms with van der Waals surface area (Å²) in [6.45, 7) is 3.00. The van der Waals surface area contributed by atoms with Crippen LogP contribution in [0.15, 0.2) is 4.99 Å². The number of rotatable bonds is 2. The summed E-state index contributed by atoms with van der Waals surface area (Å²) in [5.74, 6) is 1.46. The Bertz CT molecular complexity index is 181. The van der Waals surface area contributed by atoms with Crippen molar-refractivity contribution in [1.29, 1.82) is 5.26 Å². The van der Waals surface area contributed by atoms with Crippen LogP contribution in [0.1, 0.15) is 13.3 Å². The van der Waals surface area contributed by atoms with Gasteiger partial charge in [0.1, 0.15) is 0 Å². The van der Waals surface area contributed by atoms with E-state index in [1.807, 2.05) is 0 Å². The minimum absolute atomic E-state index is 0.359. The molecule has 54 valence electrons. The minimum atomic E-state index is 0.359. The fourth-order valence-electron chi connectivity index (χ4n) is 0.874. The lowest BCUT2D eigenvalue weighted by molar-refractivity contribution is 0.809. The average Bonchev–Trinajstić information content (AvgIpc) is 2.38. The summed E-state index contributed by atoms with van der Waals surface area (Å²) in [5, 5.41) is 9.55. The predicted octanol–water partition coefficient (Wildman–Crippen LogP) is 1.68. The fraction of sp³-hybridized carbons (Fsp3) is 0.714. The highest BCUT2D eigenvalue weighted by molar-refractivity contribution is 8.14. The van der Waals surface area contributed by atoms with Crippen LogP contribution in [0.25, 0.3) is 0 Å². The van der Waals surface area contributed by atoms with Crippen molar-refractivity contribution in [3.63, 3.8) is 0 Å². The van der Waals surface area contributed by atoms with Crippen molar-refractivity contribution < 1.29 is 0 Å². The van der Waals surface area contributed by atoms with Gasteiger partial charge in [0.15, 0.2) is 0 Å². The predicted molar refractivity (Wildman–Crippen MR) is 44.2 cm³/mol. The molecule has 0 N–H and O–H groups in total. The second kappa shape index (κ2) is 3.62. The fourth-order valence-corrected chi connectivity index (χ4v) is 1.82. The smallest absolute Gasteiger partial charge is 0.0715 e. The summed E-state index contributed by atoms with van der Waals surface area (Å²) in [4.78, 5) is 4.28. The molecule has 0 amide bonds. The molecule has 10 heavy (non-hydrogen) atoms. The molecule has 1 rings (SSSR count). The van der Waals surface area contributed by atoms with Crippen LogP contribution in [-0.2, 0) is 0 Å². The minimum Gasteiger partial charge on any atom is -0.282 e. The topological polar surface area (TPSA) is 36.1 Å². The zero-order chi connectivity index (χ0) is 7.40. The third-order valence-corrected chi connectivity index (χ3v) is 2.64. The molecule has 3 heteroatoms. The number of hydrogen-bond acceptors (Lipinski definition) is 3. The van der Waals surface area contributed by atoms with Gasteiger partial charge in [0, 0.05) is 24.6 Å². The molecule has 0 aromatic rings. The SMILES string of the molecule is CC(CC#N)C1=NCCS1. The Morgan fingerprint density at radius 2 is 2.70 bits per heavy atom. The number of nitriles is 1. The third-order valence-electron chi connectivity index (χ3n) is 1.43. The number of hydrogen-bond donors (Lipinski definition) is 0. The van der Waals surface area contributed by atoms with Gasteiger partial charge < -0.3 is 0 Å². The van der Waals surface area contributed by atoms with Crippen LogP contribution in [-0.4, -0.2) is 17.3 Å². The summed E-state index contributed by atoms with van der Waals surface area (Å²) >= 11 is 1.79. The van der Waals surface area contributed by atoms with Crippen molar-refractivity contribution in [2.45, 2.75) is 13.3 Å². The van der Waals surface area contributed by atoms with Crippen LogP contribution in [0.2, 0.25) is 0 Å². The van der Waals surface area contributed by atoms with Crippen molar-refractivity contribution in [1.82, 2.24) is 0 Å². The van der Waals surface area contributed by atoms with Gasteiger partial charge >= 0.3 is 0 Å². The second-order valence-corrected chi connectivity index (χ2v) is 3.45. The molecule has 0 radical (unpaired) electrons. The monoisotopic (exact) mass is 154 g/mol. The Morgan fingerprint density at radius 1 is 1.90 bits per heavy atom. The maximum atomic E-state index is 8.38. The van der Waals surface area contributed by atoms with E-state index in [1.165, 1.54) is 5.04 Å². The van der Waals surface area contributed by atoms with Crippen LogP contribution in [0.3, 0.4) is 0 Å². The van der Waals surface area contributed by atoms with Crippen molar-refractivity contribution in [2.75, 3.05) is 12.3 Å². The van der Waals surface area contributed by atoms with E-state index < -0.39 is 0 Å². The molecule has 1 unspecified atom stereocenters. The maximum Gasteiger partial charge on any atom is 0.0715 e. The molecule has 2 nitrogen and oxygen atoms in total. The van der Waals surface area contributed by atoms with E-state index in [0.717, 1.165) is 12.3 Å². The summed E-state index contributed by atoms with van der Waals surface area (Å²) in [6.07, 6.45) is 0.603. The standard InChI is InChI=1S/C7H10N2S/c1-6(2-3-8)7-9-4-5-10-7/h6H,2,4-5H2,1H3. The van der Waals surface area contributed by atoms with Crippen molar-refractivity contribution in [3.8, 4) is 6.07 Å². The number of thioether (sulfide) groups is 1. The average molecular weight is 154 g/mol. The van der Waals surface area contributed by atoms with Gasteiger partial charge in [-0.25, -0.2) is 0 Å². The molecule has 1 atom stereocenters. The van der Waals surface area contributed by atoms with Gasteiger partial charge in [-0.2, -0.15) is 5.26 Å². The Morgan fingerprint density at radius 3 is 3.20 bits per heavy atom. The number of nitrogens with zero attached hydrogens (tertiary/aromatic N) is 2. The molecule has 0 spiro atoms. The van der Waals surface area contributed by atoms with Gasteiger partial charge in [0.25, 0.3) is 0 Å². The molecule has 0 fully saturated rings. The van der Waals surface area contributed by atoms with Crippen molar-refractivity contribution >= 4 is 16.8 Å². The van der Waals surface area contributed by atoms with Crippen molar-refractivity contribution in [3.05, 3.63) is 0 Å². The van der Waals surface area contributed by atoms with Gasteiger partial charge in [-0.3, -0.25) is 4.99 Å². The summed E-state index contributed by atoms with van der Waals surface area (Å²) in [7, 11) is 0. The van der Waals surface area contributed by atoms with Crippen LogP contribution in [0.5, 0.6) is 0 Å². The molecule has 1 aliphatic rings. The summed E-state index contributed by atoms with van der Waals surface area (Å²) < 4.78 is 0. The van der Waals surface area contributed by atoms with Crippen LogP contribution in [0, 0.1) is 17.2 Å². The normalized spacial score (nSPS) is 19.8. The highest BCUT2D eigenvalue weighted by Crippen LogP contribution is 2.20.